The minimum Gasteiger partial charge on any atom is -0.438 e. The molecule has 0 radical (unpaired) electrons. The SMILES string of the molecule is CCC(CCOC(=O)OC)C(C)C. The molecule has 0 aliphatic heterocycles. The summed E-state index contributed by atoms with van der Waals surface area (Å²) in [5.74, 6) is 1.27. The van der Waals surface area contributed by atoms with Crippen molar-refractivity contribution in [1.29, 1.82) is 0 Å². The summed E-state index contributed by atoms with van der Waals surface area (Å²) < 4.78 is 9.18. The highest BCUT2D eigenvalue weighted by Gasteiger charge is 2.11. The van der Waals surface area contributed by atoms with Gasteiger partial charge in [0.05, 0.1) is 13.7 Å². The highest BCUT2D eigenvalue weighted by molar-refractivity contribution is 5.59. The molecule has 0 fully saturated rings. The highest BCUT2D eigenvalue weighted by atomic mass is 16.7. The predicted octanol–water partition coefficient (Wildman–Crippen LogP) is 2.84. The lowest BCUT2D eigenvalue weighted by molar-refractivity contribution is 0.0658. The van der Waals surface area contributed by atoms with Gasteiger partial charge in [0.15, 0.2) is 0 Å². The first-order valence-electron chi connectivity index (χ1n) is 4.82. The van der Waals surface area contributed by atoms with Crippen LogP contribution in [0.2, 0.25) is 0 Å². The molecule has 3 heteroatoms. The molecule has 78 valence electrons. The van der Waals surface area contributed by atoms with Crippen LogP contribution >= 0.6 is 0 Å². The Hall–Kier alpha value is -0.730. The number of rotatable bonds is 5. The fourth-order valence-electron chi connectivity index (χ4n) is 1.36. The van der Waals surface area contributed by atoms with Crippen molar-refractivity contribution in [3.8, 4) is 0 Å². The van der Waals surface area contributed by atoms with Gasteiger partial charge in [0.1, 0.15) is 0 Å². The van der Waals surface area contributed by atoms with Gasteiger partial charge in [0.25, 0.3) is 0 Å². The Morgan fingerprint density at radius 1 is 1.38 bits per heavy atom. The molecule has 0 amide bonds. The third-order valence-corrected chi connectivity index (χ3v) is 2.34. The second kappa shape index (κ2) is 6.75. The molecule has 0 aromatic heterocycles. The van der Waals surface area contributed by atoms with E-state index in [9.17, 15) is 4.79 Å². The van der Waals surface area contributed by atoms with Crippen molar-refractivity contribution < 1.29 is 14.3 Å². The maximum Gasteiger partial charge on any atom is 0.507 e. The normalized spacial score (nSPS) is 12.7. The summed E-state index contributed by atoms with van der Waals surface area (Å²) >= 11 is 0. The number of hydrogen-bond acceptors (Lipinski definition) is 3. The van der Waals surface area contributed by atoms with Crippen LogP contribution in [0.5, 0.6) is 0 Å². The Morgan fingerprint density at radius 2 is 2.00 bits per heavy atom. The molecule has 1 unspecified atom stereocenters. The van der Waals surface area contributed by atoms with E-state index in [-0.39, 0.29) is 0 Å². The average molecular weight is 188 g/mol. The number of methoxy groups -OCH3 is 1. The van der Waals surface area contributed by atoms with Gasteiger partial charge in [0, 0.05) is 0 Å². The molecular weight excluding hydrogens is 168 g/mol. The van der Waals surface area contributed by atoms with Crippen molar-refractivity contribution in [1.82, 2.24) is 0 Å². The van der Waals surface area contributed by atoms with Gasteiger partial charge in [-0.25, -0.2) is 4.79 Å². The Labute approximate surface area is 80.4 Å². The first-order chi connectivity index (χ1) is 6.11. The molecule has 0 aliphatic carbocycles. The van der Waals surface area contributed by atoms with Gasteiger partial charge in [-0.2, -0.15) is 0 Å². The van der Waals surface area contributed by atoms with Crippen molar-refractivity contribution in [2.75, 3.05) is 13.7 Å². The van der Waals surface area contributed by atoms with Gasteiger partial charge in [-0.1, -0.05) is 27.2 Å². The van der Waals surface area contributed by atoms with E-state index in [4.69, 9.17) is 4.74 Å². The van der Waals surface area contributed by atoms with Gasteiger partial charge in [0.2, 0.25) is 0 Å². The van der Waals surface area contributed by atoms with E-state index in [1.54, 1.807) is 0 Å². The fraction of sp³-hybridized carbons (Fsp3) is 0.900. The van der Waals surface area contributed by atoms with Crippen LogP contribution in [-0.4, -0.2) is 19.9 Å². The van der Waals surface area contributed by atoms with Crippen LogP contribution in [0.15, 0.2) is 0 Å². The van der Waals surface area contributed by atoms with Crippen LogP contribution in [0.3, 0.4) is 0 Å². The highest BCUT2D eigenvalue weighted by Crippen LogP contribution is 2.18. The van der Waals surface area contributed by atoms with E-state index in [1.807, 2.05) is 0 Å². The van der Waals surface area contributed by atoms with Gasteiger partial charge in [-0.3, -0.25) is 0 Å². The number of carbonyl (C=O) groups is 1. The van der Waals surface area contributed by atoms with Crippen LogP contribution in [0.1, 0.15) is 33.6 Å². The quantitative estimate of drug-likeness (QED) is 0.622. The van der Waals surface area contributed by atoms with E-state index in [0.717, 1.165) is 12.8 Å². The molecule has 0 heterocycles. The van der Waals surface area contributed by atoms with Gasteiger partial charge >= 0.3 is 6.16 Å². The minimum atomic E-state index is -0.585. The van der Waals surface area contributed by atoms with Crippen molar-refractivity contribution in [3.05, 3.63) is 0 Å². The molecule has 0 bridgehead atoms. The number of carbonyl (C=O) groups excluding carboxylic acids is 1. The maximum absolute atomic E-state index is 10.6. The first kappa shape index (κ1) is 12.3. The Bertz CT molecular complexity index is 143. The molecule has 0 aromatic carbocycles. The van der Waals surface area contributed by atoms with Crippen molar-refractivity contribution in [3.63, 3.8) is 0 Å². The summed E-state index contributed by atoms with van der Waals surface area (Å²) in [6.07, 6.45) is 1.46. The molecule has 0 N–H and O–H groups in total. The topological polar surface area (TPSA) is 35.5 Å². The zero-order valence-electron chi connectivity index (χ0n) is 9.00. The molecule has 3 nitrogen and oxygen atoms in total. The Kier molecular flexibility index (Phi) is 6.37. The molecule has 13 heavy (non-hydrogen) atoms. The third kappa shape index (κ3) is 5.50. The van der Waals surface area contributed by atoms with E-state index < -0.39 is 6.16 Å². The van der Waals surface area contributed by atoms with Crippen LogP contribution in [0.25, 0.3) is 0 Å². The second-order valence-corrected chi connectivity index (χ2v) is 3.50. The van der Waals surface area contributed by atoms with Crippen molar-refractivity contribution >= 4 is 6.16 Å². The zero-order chi connectivity index (χ0) is 10.3. The van der Waals surface area contributed by atoms with E-state index in [1.165, 1.54) is 7.11 Å². The van der Waals surface area contributed by atoms with E-state index in [2.05, 4.69) is 25.5 Å². The van der Waals surface area contributed by atoms with Crippen molar-refractivity contribution in [2.24, 2.45) is 11.8 Å². The van der Waals surface area contributed by atoms with Crippen molar-refractivity contribution in [2.45, 2.75) is 33.6 Å². The standard InChI is InChI=1S/C10H20O3/c1-5-9(8(2)3)6-7-13-10(11)12-4/h8-9H,5-7H2,1-4H3. The Balaban J connectivity index is 3.55. The first-order valence-corrected chi connectivity index (χ1v) is 4.82. The smallest absolute Gasteiger partial charge is 0.438 e. The Morgan fingerprint density at radius 3 is 2.38 bits per heavy atom. The molecular formula is C10H20O3. The number of ether oxygens (including phenoxy) is 2. The molecule has 0 saturated carbocycles. The molecule has 0 saturated heterocycles. The molecule has 0 aromatic rings. The minimum absolute atomic E-state index is 0.462. The lowest BCUT2D eigenvalue weighted by Gasteiger charge is -2.18. The predicted molar refractivity (Wildman–Crippen MR) is 51.6 cm³/mol. The van der Waals surface area contributed by atoms with Gasteiger partial charge in [-0.15, -0.1) is 0 Å². The number of hydrogen-bond donors (Lipinski definition) is 0. The van der Waals surface area contributed by atoms with Crippen LogP contribution < -0.4 is 0 Å². The summed E-state index contributed by atoms with van der Waals surface area (Å²) in [6.45, 7) is 6.99. The molecule has 0 aliphatic rings. The summed E-state index contributed by atoms with van der Waals surface area (Å²) in [5, 5.41) is 0. The summed E-state index contributed by atoms with van der Waals surface area (Å²) in [6, 6.07) is 0. The van der Waals surface area contributed by atoms with E-state index in [0.29, 0.717) is 18.4 Å². The summed E-state index contributed by atoms with van der Waals surface area (Å²) in [4.78, 5) is 10.6. The van der Waals surface area contributed by atoms with Crippen LogP contribution in [0, 0.1) is 11.8 Å². The van der Waals surface area contributed by atoms with Crippen LogP contribution in [-0.2, 0) is 9.47 Å². The maximum atomic E-state index is 10.6. The molecule has 0 spiro atoms. The van der Waals surface area contributed by atoms with Gasteiger partial charge < -0.3 is 9.47 Å². The van der Waals surface area contributed by atoms with Crippen LogP contribution in [0.4, 0.5) is 4.79 Å². The monoisotopic (exact) mass is 188 g/mol. The average Bonchev–Trinajstić information content (AvgIpc) is 2.11. The largest absolute Gasteiger partial charge is 0.507 e. The molecule has 1 atom stereocenters. The molecule has 0 rings (SSSR count). The van der Waals surface area contributed by atoms with E-state index >= 15 is 0 Å². The lowest BCUT2D eigenvalue weighted by Crippen LogP contribution is -2.13. The fourth-order valence-corrected chi connectivity index (χ4v) is 1.36. The summed E-state index contributed by atoms with van der Waals surface area (Å²) in [5.41, 5.74) is 0. The second-order valence-electron chi connectivity index (χ2n) is 3.50. The van der Waals surface area contributed by atoms with Gasteiger partial charge in [-0.05, 0) is 18.3 Å². The summed E-state index contributed by atoms with van der Waals surface area (Å²) in [7, 11) is 1.32. The third-order valence-electron chi connectivity index (χ3n) is 2.34. The zero-order valence-corrected chi connectivity index (χ0v) is 9.00. The lowest BCUT2D eigenvalue weighted by atomic mass is 9.91.